The van der Waals surface area contributed by atoms with E-state index in [4.69, 9.17) is 33.2 Å². The SMILES string of the molecule is CCS[C@@H]1O[C@@H]2COC(c3ccccc3)O[C@H]2[C@H](OC(=O)c2cc(O)c(OCc3ccccc3)c(O)c2)[C@H]1OC(=O)c1cc(O)c(OCc2ccccc2)c(O)c1. The second-order valence-electron chi connectivity index (χ2n) is 13.2. The number of aromatic hydroxyl groups is 4. The first-order valence-corrected chi connectivity index (χ1v) is 19.2. The molecular weight excluding hydrogens is 757 g/mol. The van der Waals surface area contributed by atoms with Gasteiger partial charge in [-0.15, -0.1) is 11.8 Å². The molecule has 296 valence electrons. The first kappa shape index (κ1) is 39.3. The Kier molecular flexibility index (Phi) is 12.3. The van der Waals surface area contributed by atoms with E-state index in [2.05, 4.69) is 0 Å². The fourth-order valence-corrected chi connectivity index (χ4v) is 7.41. The van der Waals surface area contributed by atoms with E-state index in [0.717, 1.165) is 35.4 Å². The van der Waals surface area contributed by atoms with Crippen molar-refractivity contribution in [3.63, 3.8) is 0 Å². The molecule has 2 saturated heterocycles. The molecule has 57 heavy (non-hydrogen) atoms. The number of benzene rings is 5. The first-order chi connectivity index (χ1) is 27.7. The summed E-state index contributed by atoms with van der Waals surface area (Å²) in [5.41, 5.74) is 0.916. The van der Waals surface area contributed by atoms with E-state index in [1.54, 1.807) is 0 Å². The number of carbonyl (C=O) groups is 2. The number of ether oxygens (including phenoxy) is 7. The van der Waals surface area contributed by atoms with E-state index in [9.17, 15) is 30.0 Å². The number of esters is 2. The highest BCUT2D eigenvalue weighted by Crippen LogP contribution is 2.42. The predicted molar refractivity (Wildman–Crippen MR) is 206 cm³/mol. The Morgan fingerprint density at radius 3 is 1.58 bits per heavy atom. The standard InChI is InChI=1S/C43H40O13S/c1-2-57-43-39(55-41(49)29-20-32(46)36(33(47)21-29)51-23-26-14-8-4-9-15-26)38(37-34(53-43)24-52-42(56-37)27-16-10-5-11-17-27)54-40(48)28-18-30(44)35(31(45)19-28)50-22-25-12-6-3-7-13-25/h3-21,34,37-39,42-47H,2,22-24H2,1H3/t34-,37-,38+,39-,42?,43+/m1/s1. The molecule has 2 aliphatic rings. The summed E-state index contributed by atoms with van der Waals surface area (Å²) in [7, 11) is 0. The lowest BCUT2D eigenvalue weighted by molar-refractivity contribution is -0.317. The molecule has 7 rings (SSSR count). The van der Waals surface area contributed by atoms with Crippen molar-refractivity contribution in [1.82, 2.24) is 0 Å². The van der Waals surface area contributed by atoms with Crippen LogP contribution in [0.2, 0.25) is 0 Å². The topological polar surface area (TPSA) is 180 Å². The average molecular weight is 797 g/mol. The number of hydrogen-bond donors (Lipinski definition) is 4. The van der Waals surface area contributed by atoms with Crippen molar-refractivity contribution in [2.24, 2.45) is 0 Å². The van der Waals surface area contributed by atoms with Crippen molar-refractivity contribution in [2.45, 2.75) is 56.3 Å². The Labute approximate surface area is 332 Å². The van der Waals surface area contributed by atoms with Crippen molar-refractivity contribution in [1.29, 1.82) is 0 Å². The molecule has 1 unspecified atom stereocenters. The van der Waals surface area contributed by atoms with Gasteiger partial charge in [0.2, 0.25) is 11.5 Å². The lowest BCUT2D eigenvalue weighted by Crippen LogP contribution is -2.63. The van der Waals surface area contributed by atoms with Gasteiger partial charge in [-0.25, -0.2) is 9.59 Å². The number of thioether (sulfide) groups is 1. The van der Waals surface area contributed by atoms with Crippen LogP contribution >= 0.6 is 11.8 Å². The molecular formula is C43H40O13S. The van der Waals surface area contributed by atoms with Crippen LogP contribution in [0.5, 0.6) is 34.5 Å². The van der Waals surface area contributed by atoms with E-state index < -0.39 is 71.1 Å². The quantitative estimate of drug-likeness (QED) is 0.0894. The second kappa shape index (κ2) is 17.9. The van der Waals surface area contributed by atoms with Gasteiger partial charge < -0.3 is 53.6 Å². The third-order valence-electron chi connectivity index (χ3n) is 9.20. The third kappa shape index (κ3) is 9.21. The van der Waals surface area contributed by atoms with Crippen LogP contribution in [-0.2, 0) is 36.9 Å². The number of phenols is 4. The minimum atomic E-state index is -1.33. The monoisotopic (exact) mass is 796 g/mol. The molecule has 2 heterocycles. The summed E-state index contributed by atoms with van der Waals surface area (Å²) in [6.07, 6.45) is -5.34. The lowest BCUT2D eigenvalue weighted by atomic mass is 9.97. The van der Waals surface area contributed by atoms with Gasteiger partial charge in [-0.05, 0) is 41.1 Å². The van der Waals surface area contributed by atoms with E-state index >= 15 is 0 Å². The summed E-state index contributed by atoms with van der Waals surface area (Å²) in [4.78, 5) is 27.8. The highest BCUT2D eigenvalue weighted by atomic mass is 32.2. The fraction of sp³-hybridized carbons (Fsp3) is 0.256. The van der Waals surface area contributed by atoms with Gasteiger partial charge in [0.25, 0.3) is 0 Å². The summed E-state index contributed by atoms with van der Waals surface area (Å²) >= 11 is 1.28. The van der Waals surface area contributed by atoms with Gasteiger partial charge in [-0.2, -0.15) is 0 Å². The number of phenolic OH excluding ortho intramolecular Hbond substituents is 4. The normalized spacial score (nSPS) is 21.5. The molecule has 0 bridgehead atoms. The maximum Gasteiger partial charge on any atom is 0.338 e. The summed E-state index contributed by atoms with van der Waals surface area (Å²) in [6.45, 7) is 2.00. The molecule has 0 amide bonds. The molecule has 14 heteroatoms. The summed E-state index contributed by atoms with van der Waals surface area (Å²) < 4.78 is 42.2. The van der Waals surface area contributed by atoms with Gasteiger partial charge >= 0.3 is 11.9 Å². The molecule has 0 saturated carbocycles. The van der Waals surface area contributed by atoms with Crippen LogP contribution in [-0.4, -0.2) is 74.6 Å². The maximum atomic E-state index is 14.0. The molecule has 0 spiro atoms. The van der Waals surface area contributed by atoms with E-state index in [1.807, 2.05) is 97.9 Å². The molecule has 5 aromatic carbocycles. The minimum absolute atomic E-state index is 0.0426. The van der Waals surface area contributed by atoms with Crippen molar-refractivity contribution in [2.75, 3.05) is 12.4 Å². The lowest BCUT2D eigenvalue weighted by Gasteiger charge is -2.48. The van der Waals surface area contributed by atoms with Crippen molar-refractivity contribution in [3.05, 3.63) is 143 Å². The molecule has 0 radical (unpaired) electrons. The predicted octanol–water partition coefficient (Wildman–Crippen LogP) is 7.01. The highest BCUT2D eigenvalue weighted by Gasteiger charge is 2.54. The minimum Gasteiger partial charge on any atom is -0.504 e. The third-order valence-corrected chi connectivity index (χ3v) is 10.2. The Morgan fingerprint density at radius 2 is 1.11 bits per heavy atom. The molecule has 2 fully saturated rings. The van der Waals surface area contributed by atoms with Crippen LogP contribution in [0.3, 0.4) is 0 Å². The van der Waals surface area contributed by atoms with Gasteiger partial charge in [0.05, 0.1) is 17.7 Å². The molecule has 0 aromatic heterocycles. The number of hydrogen-bond acceptors (Lipinski definition) is 14. The first-order valence-electron chi connectivity index (χ1n) is 18.1. The van der Waals surface area contributed by atoms with E-state index in [-0.39, 0.29) is 42.4 Å². The molecule has 0 aliphatic carbocycles. The van der Waals surface area contributed by atoms with Crippen LogP contribution < -0.4 is 9.47 Å². The molecule has 6 atom stereocenters. The van der Waals surface area contributed by atoms with Gasteiger partial charge in [0.1, 0.15) is 30.9 Å². The summed E-state index contributed by atoms with van der Waals surface area (Å²) in [6, 6.07) is 31.7. The van der Waals surface area contributed by atoms with Gasteiger partial charge in [-0.3, -0.25) is 0 Å². The highest BCUT2D eigenvalue weighted by molar-refractivity contribution is 7.99. The zero-order valence-electron chi connectivity index (χ0n) is 30.6. The largest absolute Gasteiger partial charge is 0.504 e. The molecule has 13 nitrogen and oxygen atoms in total. The second-order valence-corrected chi connectivity index (χ2v) is 14.5. The Hall–Kier alpha value is -5.93. The molecule has 4 N–H and O–H groups in total. The fourth-order valence-electron chi connectivity index (χ4n) is 6.46. The van der Waals surface area contributed by atoms with E-state index in [1.165, 1.54) is 11.8 Å². The van der Waals surface area contributed by atoms with E-state index in [0.29, 0.717) is 11.3 Å². The van der Waals surface area contributed by atoms with Crippen LogP contribution in [0.1, 0.15) is 50.6 Å². The van der Waals surface area contributed by atoms with Crippen molar-refractivity contribution < 1.29 is 63.2 Å². The van der Waals surface area contributed by atoms with Crippen LogP contribution in [0.15, 0.2) is 115 Å². The number of fused-ring (bicyclic) bond motifs is 1. The Balaban J connectivity index is 1.16. The maximum absolute atomic E-state index is 14.0. The average Bonchev–Trinajstić information content (AvgIpc) is 3.22. The number of carbonyl (C=O) groups excluding carboxylic acids is 2. The van der Waals surface area contributed by atoms with Crippen LogP contribution in [0, 0.1) is 0 Å². The van der Waals surface area contributed by atoms with Gasteiger partial charge in [0, 0.05) is 5.56 Å². The Morgan fingerprint density at radius 1 is 0.649 bits per heavy atom. The Bertz CT molecular complexity index is 2110. The van der Waals surface area contributed by atoms with Crippen LogP contribution in [0.4, 0.5) is 0 Å². The summed E-state index contributed by atoms with van der Waals surface area (Å²) in [5, 5.41) is 43.3. The van der Waals surface area contributed by atoms with Crippen molar-refractivity contribution >= 4 is 23.7 Å². The van der Waals surface area contributed by atoms with Gasteiger partial charge in [0.15, 0.2) is 41.5 Å². The molecule has 2 aliphatic heterocycles. The smallest absolute Gasteiger partial charge is 0.338 e. The van der Waals surface area contributed by atoms with Crippen molar-refractivity contribution in [3.8, 4) is 34.5 Å². The number of rotatable bonds is 13. The molecule has 5 aromatic rings. The summed E-state index contributed by atoms with van der Waals surface area (Å²) in [5.74, 6) is -3.93. The zero-order chi connectivity index (χ0) is 39.9. The zero-order valence-corrected chi connectivity index (χ0v) is 31.5. The van der Waals surface area contributed by atoms with Crippen LogP contribution in [0.25, 0.3) is 0 Å². The van der Waals surface area contributed by atoms with Gasteiger partial charge in [-0.1, -0.05) is 97.9 Å².